The van der Waals surface area contributed by atoms with Gasteiger partial charge in [-0.15, -0.1) is 11.3 Å². The summed E-state index contributed by atoms with van der Waals surface area (Å²) in [6.45, 7) is 2.85. The van der Waals surface area contributed by atoms with Gasteiger partial charge in [-0.1, -0.05) is 19.1 Å². The lowest BCUT2D eigenvalue weighted by Gasteiger charge is -2.26. The molecule has 5 rings (SSSR count). The number of anilines is 1. The first-order valence-electron chi connectivity index (χ1n) is 9.94. The van der Waals surface area contributed by atoms with Crippen LogP contribution in [0.1, 0.15) is 52.3 Å². The number of nitrogens with zero attached hydrogens (tertiary/aromatic N) is 4. The summed E-state index contributed by atoms with van der Waals surface area (Å²) < 4.78 is 17.0. The van der Waals surface area contributed by atoms with Gasteiger partial charge in [0.1, 0.15) is 5.82 Å². The van der Waals surface area contributed by atoms with Crippen molar-refractivity contribution in [1.29, 1.82) is 0 Å². The molecule has 154 valence electrons. The van der Waals surface area contributed by atoms with E-state index in [1.165, 1.54) is 16.2 Å². The molecule has 0 fully saturated rings. The monoisotopic (exact) mass is 425 g/mol. The van der Waals surface area contributed by atoms with Crippen LogP contribution in [0.5, 0.6) is 0 Å². The molecule has 0 bridgehead atoms. The average Bonchev–Trinajstić information content (AvgIpc) is 3.50. The summed E-state index contributed by atoms with van der Waals surface area (Å²) in [6.07, 6.45) is 5.57. The Kier molecular flexibility index (Phi) is 4.62. The Hall–Kier alpha value is -3.07. The number of aromatic nitrogens is 3. The Morgan fingerprint density at radius 3 is 3.00 bits per heavy atom. The smallest absolute Gasteiger partial charge is 0.258 e. The molecule has 2 aromatic heterocycles. The second-order valence-electron chi connectivity index (χ2n) is 7.46. The minimum Gasteiger partial charge on any atom is -0.334 e. The number of nitrogens with one attached hydrogen (secondary N) is 1. The maximum atomic E-state index is 15.0. The van der Waals surface area contributed by atoms with Crippen molar-refractivity contribution in [2.75, 3.05) is 5.32 Å². The SMILES string of the molecule is CCc1ccc2c(c1F)C(=O)N(C(C(=O)Nc1nccs1)c1ncn3c1CCC3)C2. The molecule has 30 heavy (non-hydrogen) atoms. The summed E-state index contributed by atoms with van der Waals surface area (Å²) in [6, 6.07) is 2.54. The van der Waals surface area contributed by atoms with E-state index in [4.69, 9.17) is 0 Å². The van der Waals surface area contributed by atoms with Crippen LogP contribution in [-0.4, -0.2) is 31.2 Å². The number of hydrogen-bond donors (Lipinski definition) is 1. The summed E-state index contributed by atoms with van der Waals surface area (Å²) in [5.74, 6) is -1.36. The van der Waals surface area contributed by atoms with Gasteiger partial charge < -0.3 is 9.47 Å². The van der Waals surface area contributed by atoms with Crippen LogP contribution < -0.4 is 5.32 Å². The van der Waals surface area contributed by atoms with Crippen molar-refractivity contribution < 1.29 is 14.0 Å². The minimum absolute atomic E-state index is 0.0669. The largest absolute Gasteiger partial charge is 0.334 e. The molecule has 1 N–H and O–H groups in total. The molecule has 0 radical (unpaired) electrons. The van der Waals surface area contributed by atoms with Crippen LogP contribution in [0.25, 0.3) is 0 Å². The molecule has 2 aliphatic heterocycles. The van der Waals surface area contributed by atoms with E-state index in [-0.39, 0.29) is 12.1 Å². The van der Waals surface area contributed by atoms with Crippen molar-refractivity contribution in [3.8, 4) is 0 Å². The van der Waals surface area contributed by atoms with Crippen LogP contribution in [0.15, 0.2) is 30.0 Å². The van der Waals surface area contributed by atoms with E-state index < -0.39 is 23.7 Å². The van der Waals surface area contributed by atoms with E-state index in [1.54, 1.807) is 30.0 Å². The van der Waals surface area contributed by atoms with Gasteiger partial charge in [0.25, 0.3) is 11.8 Å². The third-order valence-corrected chi connectivity index (χ3v) is 6.47. The van der Waals surface area contributed by atoms with Crippen LogP contribution in [0.3, 0.4) is 0 Å². The van der Waals surface area contributed by atoms with Crippen molar-refractivity contribution in [3.05, 3.63) is 63.9 Å². The Morgan fingerprint density at radius 1 is 1.37 bits per heavy atom. The second kappa shape index (κ2) is 7.32. The quantitative estimate of drug-likeness (QED) is 0.680. The number of halogens is 1. The lowest BCUT2D eigenvalue weighted by Crippen LogP contribution is -2.38. The molecule has 0 aliphatic carbocycles. The van der Waals surface area contributed by atoms with E-state index in [2.05, 4.69) is 15.3 Å². The molecular formula is C21H20FN5O2S. The van der Waals surface area contributed by atoms with Crippen LogP contribution in [0.2, 0.25) is 0 Å². The minimum atomic E-state index is -0.951. The van der Waals surface area contributed by atoms with E-state index in [1.807, 2.05) is 11.5 Å². The first-order valence-corrected chi connectivity index (χ1v) is 10.8. The van der Waals surface area contributed by atoms with Gasteiger partial charge in [-0.2, -0.15) is 0 Å². The lowest BCUT2D eigenvalue weighted by molar-refractivity contribution is -0.121. The van der Waals surface area contributed by atoms with E-state index in [0.29, 0.717) is 28.4 Å². The number of fused-ring (bicyclic) bond motifs is 2. The van der Waals surface area contributed by atoms with Crippen molar-refractivity contribution in [2.24, 2.45) is 0 Å². The van der Waals surface area contributed by atoms with Gasteiger partial charge in [0.2, 0.25) is 0 Å². The van der Waals surface area contributed by atoms with Crippen LogP contribution >= 0.6 is 11.3 Å². The number of carbonyl (C=O) groups is 2. The molecule has 9 heteroatoms. The molecule has 4 heterocycles. The molecule has 2 aliphatic rings. The molecule has 1 atom stereocenters. The summed E-state index contributed by atoms with van der Waals surface area (Å²) in [5, 5.41) is 5.00. The highest BCUT2D eigenvalue weighted by molar-refractivity contribution is 7.13. The first kappa shape index (κ1) is 18.9. The first-order chi connectivity index (χ1) is 14.6. The van der Waals surface area contributed by atoms with E-state index in [9.17, 15) is 14.0 Å². The second-order valence-corrected chi connectivity index (χ2v) is 8.36. The van der Waals surface area contributed by atoms with E-state index >= 15 is 0 Å². The highest BCUT2D eigenvalue weighted by Crippen LogP contribution is 2.36. The predicted octanol–water partition coefficient (Wildman–Crippen LogP) is 3.32. The highest BCUT2D eigenvalue weighted by Gasteiger charge is 2.42. The number of imidazole rings is 1. The zero-order chi connectivity index (χ0) is 20.8. The zero-order valence-electron chi connectivity index (χ0n) is 16.4. The van der Waals surface area contributed by atoms with Crippen molar-refractivity contribution in [1.82, 2.24) is 19.4 Å². The number of amides is 2. The van der Waals surface area contributed by atoms with Gasteiger partial charge in [-0.25, -0.2) is 14.4 Å². The number of thiazole rings is 1. The van der Waals surface area contributed by atoms with Gasteiger partial charge in [-0.05, 0) is 30.4 Å². The molecule has 2 amide bonds. The molecule has 0 spiro atoms. The summed E-state index contributed by atoms with van der Waals surface area (Å²) in [7, 11) is 0. The number of benzene rings is 1. The summed E-state index contributed by atoms with van der Waals surface area (Å²) in [4.78, 5) is 36.6. The third-order valence-electron chi connectivity index (χ3n) is 5.78. The Bertz CT molecular complexity index is 1140. The van der Waals surface area contributed by atoms with Crippen LogP contribution in [-0.2, 0) is 30.7 Å². The number of rotatable bonds is 5. The van der Waals surface area contributed by atoms with Gasteiger partial charge in [0.05, 0.1) is 17.6 Å². The maximum Gasteiger partial charge on any atom is 0.258 e. The molecule has 1 aromatic carbocycles. The van der Waals surface area contributed by atoms with Gasteiger partial charge >= 0.3 is 0 Å². The number of carbonyl (C=O) groups excluding carboxylic acids is 2. The molecule has 0 saturated carbocycles. The molecular weight excluding hydrogens is 405 g/mol. The topological polar surface area (TPSA) is 80.1 Å². The fraction of sp³-hybridized carbons (Fsp3) is 0.333. The average molecular weight is 425 g/mol. The van der Waals surface area contributed by atoms with Crippen LogP contribution in [0, 0.1) is 5.82 Å². The summed E-state index contributed by atoms with van der Waals surface area (Å²) >= 11 is 1.30. The van der Waals surface area contributed by atoms with Gasteiger partial charge in [0, 0.05) is 30.4 Å². The summed E-state index contributed by atoms with van der Waals surface area (Å²) in [5.41, 5.74) is 2.66. The predicted molar refractivity (Wildman–Crippen MR) is 110 cm³/mol. The molecule has 1 unspecified atom stereocenters. The number of aryl methyl sites for hydroxylation is 2. The zero-order valence-corrected chi connectivity index (χ0v) is 17.2. The maximum absolute atomic E-state index is 15.0. The van der Waals surface area contributed by atoms with Crippen molar-refractivity contribution >= 4 is 28.3 Å². The fourth-order valence-corrected chi connectivity index (χ4v) is 4.84. The molecule has 7 nitrogen and oxygen atoms in total. The lowest BCUT2D eigenvalue weighted by atomic mass is 10.0. The molecule has 0 saturated heterocycles. The normalized spacial score (nSPS) is 15.9. The standard InChI is InChI=1S/C21H20FN5O2S/c1-2-12-5-6-13-10-27(20(29)15(13)16(12)22)18(19(28)25-21-23-7-9-30-21)17-14-4-3-8-26(14)11-24-17/h5-7,9,11,18H,2-4,8,10H2,1H3,(H,23,25,28). The van der Waals surface area contributed by atoms with Crippen molar-refractivity contribution in [2.45, 2.75) is 45.3 Å². The Balaban J connectivity index is 1.56. The third kappa shape index (κ3) is 2.92. The molecule has 3 aromatic rings. The Labute approximate surface area is 176 Å². The number of hydrogen-bond acceptors (Lipinski definition) is 5. The van der Waals surface area contributed by atoms with Crippen molar-refractivity contribution in [3.63, 3.8) is 0 Å². The fourth-order valence-electron chi connectivity index (χ4n) is 4.31. The van der Waals surface area contributed by atoms with Gasteiger partial charge in [-0.3, -0.25) is 14.9 Å². The van der Waals surface area contributed by atoms with Crippen LogP contribution in [0.4, 0.5) is 9.52 Å². The van der Waals surface area contributed by atoms with Gasteiger partial charge in [0.15, 0.2) is 11.2 Å². The highest BCUT2D eigenvalue weighted by atomic mass is 32.1. The van der Waals surface area contributed by atoms with E-state index in [0.717, 1.165) is 25.1 Å². The Morgan fingerprint density at radius 2 is 2.23 bits per heavy atom.